The van der Waals surface area contributed by atoms with Crippen molar-refractivity contribution in [1.82, 2.24) is 9.88 Å². The average molecular weight is 563 g/mol. The topological polar surface area (TPSA) is 88.3 Å². The molecule has 2 amide bonds. The van der Waals surface area contributed by atoms with Gasteiger partial charge in [0.15, 0.2) is 0 Å². The van der Waals surface area contributed by atoms with Gasteiger partial charge in [-0.2, -0.15) is 0 Å². The Bertz CT molecular complexity index is 1320. The van der Waals surface area contributed by atoms with Gasteiger partial charge in [-0.15, -0.1) is 11.3 Å². The van der Waals surface area contributed by atoms with Gasteiger partial charge in [0.05, 0.1) is 11.4 Å². The molecule has 0 aliphatic heterocycles. The number of benzene rings is 2. The first-order valence-electron chi connectivity index (χ1n) is 12.8. The molecule has 2 heterocycles. The third-order valence-electron chi connectivity index (χ3n) is 5.78. The fraction of sp³-hybridized carbons (Fsp3) is 0.258. The van der Waals surface area contributed by atoms with Gasteiger partial charge < -0.3 is 16.0 Å². The van der Waals surface area contributed by atoms with Crippen LogP contribution in [0.4, 0.5) is 11.4 Å². The number of nitrogens with one attached hydrogen (secondary N) is 1. The molecule has 0 aliphatic carbocycles. The number of nitrogen functional groups attached to an aromatic ring is 1. The molecule has 0 aliphatic rings. The van der Waals surface area contributed by atoms with E-state index in [0.29, 0.717) is 30.0 Å². The minimum atomic E-state index is -0.241. The second-order valence-electron chi connectivity index (χ2n) is 10.1. The zero-order valence-corrected chi connectivity index (χ0v) is 24.7. The summed E-state index contributed by atoms with van der Waals surface area (Å²) in [6.45, 7) is 3.16. The quantitative estimate of drug-likeness (QED) is 0.163. The predicted octanol–water partition coefficient (Wildman–Crippen LogP) is 6.89. The number of carbonyl (C=O) groups excluding carboxylic acids is 2. The van der Waals surface area contributed by atoms with Crippen molar-refractivity contribution < 1.29 is 9.59 Å². The van der Waals surface area contributed by atoms with Crippen molar-refractivity contribution in [3.8, 4) is 10.4 Å². The number of nitrogens with zero attached hydrogens (tertiary/aromatic N) is 2. The fourth-order valence-corrected chi connectivity index (χ4v) is 5.87. The van der Waals surface area contributed by atoms with Gasteiger partial charge in [-0.25, -0.2) is 10.0 Å². The third-order valence-corrected chi connectivity index (χ3v) is 8.33. The van der Waals surface area contributed by atoms with Gasteiger partial charge in [0.2, 0.25) is 6.41 Å². The molecule has 6 nitrogen and oxygen atoms in total. The Kier molecular flexibility index (Phi) is 11.1. The van der Waals surface area contributed by atoms with E-state index in [2.05, 4.69) is 36.0 Å². The van der Waals surface area contributed by atoms with Crippen LogP contribution < -0.4 is 11.1 Å². The van der Waals surface area contributed by atoms with Crippen molar-refractivity contribution in [2.75, 3.05) is 35.6 Å². The number of anilines is 2. The normalized spacial score (nSPS) is 11.2. The highest BCUT2D eigenvalue weighted by Crippen LogP contribution is 2.34. The molecule has 0 unspecified atom stereocenters. The molecule has 0 spiro atoms. The lowest BCUT2D eigenvalue weighted by atomic mass is 10.1. The maximum absolute atomic E-state index is 12.8. The van der Waals surface area contributed by atoms with E-state index in [-0.39, 0.29) is 15.9 Å². The smallest absolute Gasteiger partial charge is 0.255 e. The highest BCUT2D eigenvalue weighted by molar-refractivity contribution is 8.32. The first-order valence-corrected chi connectivity index (χ1v) is 16.7. The second-order valence-corrected chi connectivity index (χ2v) is 15.6. The first kappa shape index (κ1) is 29.9. The van der Waals surface area contributed by atoms with Crippen molar-refractivity contribution in [2.45, 2.75) is 26.4 Å². The lowest BCUT2D eigenvalue weighted by Gasteiger charge is -2.23. The van der Waals surface area contributed by atoms with Crippen LogP contribution in [0.3, 0.4) is 0 Å². The highest BCUT2D eigenvalue weighted by atomic mass is 32.3. The van der Waals surface area contributed by atoms with E-state index in [4.69, 9.17) is 5.73 Å². The van der Waals surface area contributed by atoms with E-state index in [9.17, 15) is 9.59 Å². The minimum absolute atomic E-state index is 0.174. The van der Waals surface area contributed by atoms with Crippen LogP contribution in [-0.4, -0.2) is 46.7 Å². The third kappa shape index (κ3) is 9.89. The Hall–Kier alpha value is -3.62. The summed E-state index contributed by atoms with van der Waals surface area (Å²) in [5.74, 6) is 1.18. The van der Waals surface area contributed by atoms with Crippen LogP contribution in [0.2, 0.25) is 0 Å². The van der Waals surface area contributed by atoms with Gasteiger partial charge in [0.1, 0.15) is 0 Å². The Balaban J connectivity index is 0.000000532. The molecule has 2 aromatic heterocycles. The molecule has 0 saturated carbocycles. The Morgan fingerprint density at radius 1 is 1.03 bits per heavy atom. The van der Waals surface area contributed by atoms with Gasteiger partial charge >= 0.3 is 0 Å². The number of nitrogens with two attached hydrogens (primary N) is 1. The standard InChI is InChI=1S/C25H22N4O2S.C6H16S/c26-22-10-9-21(24-4-2-12-32-24)13-23(22)28-25(31)20-7-5-18(6-8-20)15-29(17-30)16-19-3-1-11-27-14-19;1-5-6-7(2,3)4/h1-14,17H,15-16,26H2,(H,28,31);5-6H2,1-4H3. The molecule has 0 fully saturated rings. The maximum atomic E-state index is 12.8. The summed E-state index contributed by atoms with van der Waals surface area (Å²) in [7, 11) is -0.174. The molecule has 8 heteroatoms. The van der Waals surface area contributed by atoms with Gasteiger partial charge in [-0.05, 0) is 89.4 Å². The number of aromatic nitrogens is 1. The zero-order chi connectivity index (χ0) is 28.3. The molecular weight excluding hydrogens is 525 g/mol. The van der Waals surface area contributed by atoms with Crippen molar-refractivity contribution in [1.29, 1.82) is 0 Å². The van der Waals surface area contributed by atoms with E-state index >= 15 is 0 Å². The first-order chi connectivity index (χ1) is 18.7. The van der Waals surface area contributed by atoms with E-state index in [0.717, 1.165) is 28.0 Å². The summed E-state index contributed by atoms with van der Waals surface area (Å²) in [6, 6.07) is 20.6. The van der Waals surface area contributed by atoms with Crippen molar-refractivity contribution in [3.63, 3.8) is 0 Å². The monoisotopic (exact) mass is 562 g/mol. The molecule has 39 heavy (non-hydrogen) atoms. The van der Waals surface area contributed by atoms with E-state index in [1.807, 2.05) is 53.9 Å². The number of hydrogen-bond donors (Lipinski definition) is 2. The average Bonchev–Trinajstić information content (AvgIpc) is 3.45. The van der Waals surface area contributed by atoms with E-state index in [1.54, 1.807) is 46.8 Å². The van der Waals surface area contributed by atoms with Gasteiger partial charge in [0, 0.05) is 35.9 Å². The lowest BCUT2D eigenvalue weighted by Crippen LogP contribution is -2.21. The fourth-order valence-electron chi connectivity index (χ4n) is 3.92. The summed E-state index contributed by atoms with van der Waals surface area (Å²) >= 11 is 1.63. The van der Waals surface area contributed by atoms with Crippen LogP contribution in [-0.2, 0) is 17.9 Å². The number of carbonyl (C=O) groups is 2. The molecule has 0 radical (unpaired) electrons. The number of amides is 2. The summed E-state index contributed by atoms with van der Waals surface area (Å²) in [5, 5.41) is 4.91. The summed E-state index contributed by atoms with van der Waals surface area (Å²) in [6.07, 6.45) is 12.7. The second kappa shape index (κ2) is 14.5. The molecular formula is C31H38N4O2S2. The Morgan fingerprint density at radius 2 is 1.77 bits per heavy atom. The van der Waals surface area contributed by atoms with Gasteiger partial charge in [-0.1, -0.05) is 37.3 Å². The summed E-state index contributed by atoms with van der Waals surface area (Å²) in [4.78, 5) is 31.1. The molecule has 206 valence electrons. The van der Waals surface area contributed by atoms with Crippen LogP contribution in [0.15, 0.2) is 84.5 Å². The highest BCUT2D eigenvalue weighted by Gasteiger charge is 2.11. The summed E-state index contributed by atoms with van der Waals surface area (Å²) in [5.41, 5.74) is 10.6. The largest absolute Gasteiger partial charge is 0.397 e. The van der Waals surface area contributed by atoms with Crippen molar-refractivity contribution in [3.05, 3.63) is 101 Å². The molecule has 3 N–H and O–H groups in total. The van der Waals surface area contributed by atoms with Crippen LogP contribution in [0.1, 0.15) is 34.8 Å². The Morgan fingerprint density at radius 3 is 2.33 bits per heavy atom. The number of rotatable bonds is 10. The van der Waals surface area contributed by atoms with Gasteiger partial charge in [-0.3, -0.25) is 14.6 Å². The lowest BCUT2D eigenvalue weighted by molar-refractivity contribution is -0.119. The van der Waals surface area contributed by atoms with Gasteiger partial charge in [0.25, 0.3) is 5.91 Å². The molecule has 0 atom stereocenters. The van der Waals surface area contributed by atoms with E-state index < -0.39 is 0 Å². The van der Waals surface area contributed by atoms with Crippen LogP contribution in [0, 0.1) is 0 Å². The number of pyridine rings is 1. The molecule has 4 aromatic rings. The minimum Gasteiger partial charge on any atom is -0.397 e. The molecule has 2 aromatic carbocycles. The number of thiophene rings is 1. The van der Waals surface area contributed by atoms with Crippen molar-refractivity contribution >= 4 is 45.1 Å². The van der Waals surface area contributed by atoms with Crippen LogP contribution in [0.25, 0.3) is 10.4 Å². The van der Waals surface area contributed by atoms with Crippen LogP contribution in [0.5, 0.6) is 0 Å². The Labute approximate surface area is 237 Å². The molecule has 4 rings (SSSR count). The van der Waals surface area contributed by atoms with E-state index in [1.165, 1.54) is 12.2 Å². The molecule has 0 saturated heterocycles. The van der Waals surface area contributed by atoms with Crippen LogP contribution >= 0.6 is 21.4 Å². The predicted molar refractivity (Wildman–Crippen MR) is 169 cm³/mol. The maximum Gasteiger partial charge on any atom is 0.255 e. The zero-order valence-electron chi connectivity index (χ0n) is 23.1. The molecule has 0 bridgehead atoms. The summed E-state index contributed by atoms with van der Waals surface area (Å²) < 4.78 is 0. The van der Waals surface area contributed by atoms with Crippen molar-refractivity contribution in [2.24, 2.45) is 0 Å². The number of hydrogen-bond acceptors (Lipinski definition) is 5. The SMILES string of the molecule is CCCS(C)(C)C.Nc1ccc(-c2cccs2)cc1NC(=O)c1ccc(CN(C=O)Cc2cccnc2)cc1.